The van der Waals surface area contributed by atoms with Gasteiger partial charge in [0.15, 0.2) is 0 Å². The summed E-state index contributed by atoms with van der Waals surface area (Å²) < 4.78 is 1.42. The van der Waals surface area contributed by atoms with E-state index in [4.69, 9.17) is 0 Å². The van der Waals surface area contributed by atoms with Gasteiger partial charge in [0.25, 0.3) is 0 Å². The average Bonchev–Trinajstić information content (AvgIpc) is 2.94. The molecule has 0 aliphatic heterocycles. The molecule has 1 aliphatic rings. The Balaban J connectivity index is 1.84. The van der Waals surface area contributed by atoms with E-state index in [2.05, 4.69) is 48.9 Å². The van der Waals surface area contributed by atoms with Crippen LogP contribution < -0.4 is 5.32 Å². The highest BCUT2D eigenvalue weighted by atomic mass is 32.1. The zero-order chi connectivity index (χ0) is 11.8. The molecule has 1 fully saturated rings. The van der Waals surface area contributed by atoms with Crippen molar-refractivity contribution in [2.24, 2.45) is 11.8 Å². The third-order valence-corrected chi connectivity index (χ3v) is 5.07. The molecule has 2 aromatic rings. The van der Waals surface area contributed by atoms with Crippen LogP contribution in [0.25, 0.3) is 10.1 Å². The molecule has 3 atom stereocenters. The molecule has 0 radical (unpaired) electrons. The SMILES string of the molecule is CNC(Cc1csc2ccccc12)C1CC1C. The van der Waals surface area contributed by atoms with Gasteiger partial charge in [-0.05, 0) is 54.1 Å². The summed E-state index contributed by atoms with van der Waals surface area (Å²) in [6.45, 7) is 2.36. The summed E-state index contributed by atoms with van der Waals surface area (Å²) in [5, 5.41) is 7.29. The van der Waals surface area contributed by atoms with Gasteiger partial charge in [0, 0.05) is 10.7 Å². The maximum atomic E-state index is 3.50. The number of benzene rings is 1. The fourth-order valence-corrected chi connectivity index (χ4v) is 3.78. The fourth-order valence-electron chi connectivity index (χ4n) is 2.81. The molecule has 1 heterocycles. The Morgan fingerprint density at radius 2 is 2.18 bits per heavy atom. The lowest BCUT2D eigenvalue weighted by atomic mass is 10.0. The van der Waals surface area contributed by atoms with Crippen LogP contribution in [-0.4, -0.2) is 13.1 Å². The van der Waals surface area contributed by atoms with Crippen molar-refractivity contribution in [2.75, 3.05) is 7.05 Å². The lowest BCUT2D eigenvalue weighted by molar-refractivity contribution is 0.481. The average molecular weight is 245 g/mol. The lowest BCUT2D eigenvalue weighted by Gasteiger charge is -2.15. The third kappa shape index (κ3) is 2.12. The Kier molecular flexibility index (Phi) is 2.93. The smallest absolute Gasteiger partial charge is 0.0345 e. The summed E-state index contributed by atoms with van der Waals surface area (Å²) in [6, 6.07) is 9.40. The van der Waals surface area contributed by atoms with Crippen molar-refractivity contribution in [3.63, 3.8) is 0 Å². The summed E-state index contributed by atoms with van der Waals surface area (Å²) in [5.74, 6) is 1.80. The summed E-state index contributed by atoms with van der Waals surface area (Å²) in [5.41, 5.74) is 1.52. The Morgan fingerprint density at radius 1 is 1.41 bits per heavy atom. The summed E-state index contributed by atoms with van der Waals surface area (Å²) in [4.78, 5) is 0. The monoisotopic (exact) mass is 245 g/mol. The van der Waals surface area contributed by atoms with Crippen molar-refractivity contribution >= 4 is 21.4 Å². The molecule has 1 N–H and O–H groups in total. The molecule has 3 unspecified atom stereocenters. The first-order chi connectivity index (χ1) is 8.29. The van der Waals surface area contributed by atoms with Gasteiger partial charge >= 0.3 is 0 Å². The molecular formula is C15H19NS. The maximum Gasteiger partial charge on any atom is 0.0345 e. The number of hydrogen-bond acceptors (Lipinski definition) is 2. The van der Waals surface area contributed by atoms with Crippen LogP contribution in [0.5, 0.6) is 0 Å². The second-order valence-corrected chi connectivity index (χ2v) is 6.14. The number of likely N-dealkylation sites (N-methyl/N-ethyl adjacent to an activating group) is 1. The molecule has 0 saturated heterocycles. The van der Waals surface area contributed by atoms with Crippen molar-refractivity contribution in [2.45, 2.75) is 25.8 Å². The van der Waals surface area contributed by atoms with Crippen LogP contribution in [0.2, 0.25) is 0 Å². The fraction of sp³-hybridized carbons (Fsp3) is 0.467. The normalized spacial score (nSPS) is 25.1. The van der Waals surface area contributed by atoms with Gasteiger partial charge in [0.2, 0.25) is 0 Å². The molecule has 3 rings (SSSR count). The maximum absolute atomic E-state index is 3.50. The largest absolute Gasteiger partial charge is 0.316 e. The van der Waals surface area contributed by atoms with Crippen LogP contribution in [0.4, 0.5) is 0 Å². The molecular weight excluding hydrogens is 226 g/mol. The highest BCUT2D eigenvalue weighted by molar-refractivity contribution is 7.17. The van der Waals surface area contributed by atoms with E-state index in [1.54, 1.807) is 0 Å². The zero-order valence-corrected chi connectivity index (χ0v) is 11.3. The van der Waals surface area contributed by atoms with E-state index in [1.165, 1.54) is 28.5 Å². The summed E-state index contributed by atoms with van der Waals surface area (Å²) >= 11 is 1.87. The third-order valence-electron chi connectivity index (χ3n) is 4.06. The van der Waals surface area contributed by atoms with Gasteiger partial charge in [-0.15, -0.1) is 11.3 Å². The highest BCUT2D eigenvalue weighted by Crippen LogP contribution is 2.42. The number of hydrogen-bond donors (Lipinski definition) is 1. The number of rotatable bonds is 4. The molecule has 90 valence electrons. The van der Waals surface area contributed by atoms with Gasteiger partial charge < -0.3 is 5.32 Å². The van der Waals surface area contributed by atoms with E-state index in [1.807, 2.05) is 11.3 Å². The van der Waals surface area contributed by atoms with Crippen molar-refractivity contribution in [1.29, 1.82) is 0 Å². The van der Waals surface area contributed by atoms with E-state index in [-0.39, 0.29) is 0 Å². The first-order valence-electron chi connectivity index (χ1n) is 6.42. The van der Waals surface area contributed by atoms with Gasteiger partial charge in [0.05, 0.1) is 0 Å². The quantitative estimate of drug-likeness (QED) is 0.866. The Bertz CT molecular complexity index is 516. The van der Waals surface area contributed by atoms with Crippen molar-refractivity contribution in [3.05, 3.63) is 35.2 Å². The Hall–Kier alpha value is -0.860. The molecule has 1 aliphatic carbocycles. The van der Waals surface area contributed by atoms with Crippen LogP contribution in [-0.2, 0) is 6.42 Å². The number of thiophene rings is 1. The molecule has 1 saturated carbocycles. The Labute approximate surface area is 107 Å². The molecule has 1 aromatic carbocycles. The molecule has 1 nitrogen and oxygen atoms in total. The van der Waals surface area contributed by atoms with Crippen LogP contribution in [0.15, 0.2) is 29.6 Å². The molecule has 2 heteroatoms. The first kappa shape index (κ1) is 11.2. The van der Waals surface area contributed by atoms with Crippen molar-refractivity contribution in [1.82, 2.24) is 5.32 Å². The van der Waals surface area contributed by atoms with Crippen LogP contribution in [0, 0.1) is 11.8 Å². The van der Waals surface area contributed by atoms with Crippen molar-refractivity contribution in [3.8, 4) is 0 Å². The Morgan fingerprint density at radius 3 is 2.88 bits per heavy atom. The topological polar surface area (TPSA) is 12.0 Å². The predicted octanol–water partition coefficient (Wildman–Crippen LogP) is 3.69. The van der Waals surface area contributed by atoms with Crippen molar-refractivity contribution < 1.29 is 0 Å². The standard InChI is InChI=1S/C15H19NS/c1-10-7-13(10)14(16-2)8-11-9-17-15-6-4-3-5-12(11)15/h3-6,9-10,13-14,16H,7-8H2,1-2H3. The van der Waals surface area contributed by atoms with E-state index >= 15 is 0 Å². The molecule has 1 aromatic heterocycles. The first-order valence-corrected chi connectivity index (χ1v) is 7.30. The molecule has 0 spiro atoms. The summed E-state index contributed by atoms with van der Waals surface area (Å²) in [7, 11) is 2.10. The van der Waals surface area contributed by atoms with E-state index in [0.29, 0.717) is 6.04 Å². The minimum absolute atomic E-state index is 0.656. The van der Waals surface area contributed by atoms with Crippen LogP contribution >= 0.6 is 11.3 Å². The van der Waals surface area contributed by atoms with E-state index in [9.17, 15) is 0 Å². The molecule has 0 amide bonds. The van der Waals surface area contributed by atoms with Gasteiger partial charge in [0.1, 0.15) is 0 Å². The predicted molar refractivity (Wildman–Crippen MR) is 75.6 cm³/mol. The highest BCUT2D eigenvalue weighted by Gasteiger charge is 2.38. The minimum atomic E-state index is 0.656. The van der Waals surface area contributed by atoms with Crippen LogP contribution in [0.3, 0.4) is 0 Å². The minimum Gasteiger partial charge on any atom is -0.316 e. The van der Waals surface area contributed by atoms with E-state index in [0.717, 1.165) is 11.8 Å². The zero-order valence-electron chi connectivity index (χ0n) is 10.4. The number of fused-ring (bicyclic) bond motifs is 1. The van der Waals surface area contributed by atoms with Crippen LogP contribution in [0.1, 0.15) is 18.9 Å². The lowest BCUT2D eigenvalue weighted by Crippen LogP contribution is -2.30. The molecule has 0 bridgehead atoms. The van der Waals surface area contributed by atoms with Gasteiger partial charge in [-0.25, -0.2) is 0 Å². The van der Waals surface area contributed by atoms with Gasteiger partial charge in [-0.3, -0.25) is 0 Å². The molecule has 17 heavy (non-hydrogen) atoms. The summed E-state index contributed by atoms with van der Waals surface area (Å²) in [6.07, 6.45) is 2.57. The number of nitrogens with one attached hydrogen (secondary N) is 1. The second kappa shape index (κ2) is 4.43. The van der Waals surface area contributed by atoms with E-state index < -0.39 is 0 Å². The second-order valence-electron chi connectivity index (χ2n) is 5.23. The van der Waals surface area contributed by atoms with Gasteiger partial charge in [-0.2, -0.15) is 0 Å². The van der Waals surface area contributed by atoms with Gasteiger partial charge in [-0.1, -0.05) is 25.1 Å².